The summed E-state index contributed by atoms with van der Waals surface area (Å²) in [5.41, 5.74) is 1.11. The molecule has 0 aliphatic rings. The van der Waals surface area contributed by atoms with Gasteiger partial charge in [-0.3, -0.25) is 0 Å². The fourth-order valence-corrected chi connectivity index (χ4v) is 5.77. The van der Waals surface area contributed by atoms with E-state index in [0.717, 1.165) is 17.2 Å². The third kappa shape index (κ3) is 3.51. The zero-order valence-corrected chi connectivity index (χ0v) is 16.6. The summed E-state index contributed by atoms with van der Waals surface area (Å²) in [4.78, 5) is 3.08. The minimum Gasteiger partial charge on any atom is -0.309 e. The molecule has 0 spiro atoms. The van der Waals surface area contributed by atoms with E-state index >= 15 is 0 Å². The number of thioether (sulfide) groups is 1. The summed E-state index contributed by atoms with van der Waals surface area (Å²) in [7, 11) is 0.206. The zero-order chi connectivity index (χ0) is 18.9. The lowest BCUT2D eigenvalue weighted by atomic mass is 10.2. The lowest BCUT2D eigenvalue weighted by Crippen LogP contribution is -2.15. The van der Waals surface area contributed by atoms with Gasteiger partial charge in [0.1, 0.15) is 5.82 Å². The molecule has 0 amide bonds. The maximum absolute atomic E-state index is 13.9. The van der Waals surface area contributed by atoms with Crippen LogP contribution in [0.3, 0.4) is 0 Å². The second-order valence-electron chi connectivity index (χ2n) is 6.31. The summed E-state index contributed by atoms with van der Waals surface area (Å²) in [5, 5.41) is 0.630. The van der Waals surface area contributed by atoms with E-state index in [1.54, 1.807) is 49.0 Å². The van der Waals surface area contributed by atoms with E-state index in [9.17, 15) is 12.8 Å². The predicted octanol–water partition coefficient (Wildman–Crippen LogP) is 3.98. The van der Waals surface area contributed by atoms with Crippen molar-refractivity contribution in [3.8, 4) is 0 Å². The molecule has 0 atom stereocenters. The van der Waals surface area contributed by atoms with Gasteiger partial charge in [-0.05, 0) is 51.4 Å². The first-order valence-electron chi connectivity index (χ1n) is 8.21. The molecule has 2 aromatic carbocycles. The standard InChI is InChI=1S/C19H21FN2O2S2/c1-14-19(25-12-11-21(2)3)17-13-15(20)9-10-18(17)22(14)26(23,24)16-7-5-4-6-8-16/h4-10,13H,11-12H2,1-3H3. The maximum atomic E-state index is 13.9. The summed E-state index contributed by atoms with van der Waals surface area (Å²) in [6, 6.07) is 12.6. The maximum Gasteiger partial charge on any atom is 0.268 e. The highest BCUT2D eigenvalue weighted by atomic mass is 32.2. The van der Waals surface area contributed by atoms with Crippen molar-refractivity contribution in [2.24, 2.45) is 0 Å². The van der Waals surface area contributed by atoms with Crippen LogP contribution in [0.2, 0.25) is 0 Å². The minimum atomic E-state index is -3.76. The topological polar surface area (TPSA) is 42.3 Å². The Kier molecular flexibility index (Phi) is 5.41. The second kappa shape index (κ2) is 7.42. The van der Waals surface area contributed by atoms with E-state index in [-0.39, 0.29) is 10.7 Å². The summed E-state index contributed by atoms with van der Waals surface area (Å²) in [6.45, 7) is 2.62. The number of hydrogen-bond acceptors (Lipinski definition) is 4. The average molecular weight is 393 g/mol. The number of rotatable bonds is 6. The van der Waals surface area contributed by atoms with Gasteiger partial charge in [0.05, 0.1) is 10.4 Å². The van der Waals surface area contributed by atoms with Crippen LogP contribution in [-0.4, -0.2) is 43.7 Å². The van der Waals surface area contributed by atoms with Gasteiger partial charge in [-0.1, -0.05) is 18.2 Å². The molecule has 0 unspecified atom stereocenters. The fraction of sp³-hybridized carbons (Fsp3) is 0.263. The summed E-state index contributed by atoms with van der Waals surface area (Å²) in [6.07, 6.45) is 0. The van der Waals surface area contributed by atoms with Crippen molar-refractivity contribution in [1.29, 1.82) is 0 Å². The molecule has 0 radical (unpaired) electrons. The first-order valence-corrected chi connectivity index (χ1v) is 10.6. The highest BCUT2D eigenvalue weighted by Crippen LogP contribution is 2.36. The Balaban J connectivity index is 2.19. The van der Waals surface area contributed by atoms with Crippen LogP contribution in [0.25, 0.3) is 10.9 Å². The monoisotopic (exact) mass is 392 g/mol. The molecular weight excluding hydrogens is 371 g/mol. The average Bonchev–Trinajstić information content (AvgIpc) is 2.87. The molecule has 3 rings (SSSR count). The molecule has 0 saturated carbocycles. The van der Waals surface area contributed by atoms with Crippen molar-refractivity contribution in [2.75, 3.05) is 26.4 Å². The molecule has 1 aromatic heterocycles. The Morgan fingerprint density at radius 1 is 1.12 bits per heavy atom. The Hall–Kier alpha value is -1.83. The molecule has 3 aromatic rings. The molecule has 0 fully saturated rings. The van der Waals surface area contributed by atoms with Crippen molar-refractivity contribution < 1.29 is 12.8 Å². The molecule has 0 saturated heterocycles. The Morgan fingerprint density at radius 2 is 1.81 bits per heavy atom. The SMILES string of the molecule is Cc1c(SCCN(C)C)c2cc(F)ccc2n1S(=O)(=O)c1ccccc1. The fourth-order valence-electron chi connectivity index (χ4n) is 2.86. The van der Waals surface area contributed by atoms with Gasteiger partial charge in [-0.15, -0.1) is 11.8 Å². The van der Waals surface area contributed by atoms with Gasteiger partial charge in [-0.25, -0.2) is 16.8 Å². The minimum absolute atomic E-state index is 0.217. The molecular formula is C19H21FN2O2S2. The zero-order valence-electron chi connectivity index (χ0n) is 14.9. The van der Waals surface area contributed by atoms with Crippen LogP contribution in [0.15, 0.2) is 58.3 Å². The normalized spacial score (nSPS) is 12.2. The lowest BCUT2D eigenvalue weighted by molar-refractivity contribution is 0.437. The molecule has 26 heavy (non-hydrogen) atoms. The van der Waals surface area contributed by atoms with Crippen LogP contribution >= 0.6 is 11.8 Å². The Morgan fingerprint density at radius 3 is 2.46 bits per heavy atom. The van der Waals surface area contributed by atoms with Crippen molar-refractivity contribution in [1.82, 2.24) is 8.87 Å². The third-order valence-corrected chi connectivity index (χ3v) is 7.13. The van der Waals surface area contributed by atoms with Crippen molar-refractivity contribution >= 4 is 32.7 Å². The van der Waals surface area contributed by atoms with Crippen LogP contribution in [0, 0.1) is 12.7 Å². The van der Waals surface area contributed by atoms with Crippen LogP contribution in [0.5, 0.6) is 0 Å². The Labute approximate surface area is 157 Å². The summed E-state index contributed by atoms with van der Waals surface area (Å²) >= 11 is 1.55. The molecule has 7 heteroatoms. The van der Waals surface area contributed by atoms with Crippen molar-refractivity contribution in [3.05, 3.63) is 60.0 Å². The molecule has 138 valence electrons. The predicted molar refractivity (Wildman–Crippen MR) is 105 cm³/mol. The number of hydrogen-bond donors (Lipinski definition) is 0. The molecule has 1 heterocycles. The molecule has 0 aliphatic heterocycles. The number of fused-ring (bicyclic) bond motifs is 1. The van der Waals surface area contributed by atoms with Gasteiger partial charge < -0.3 is 4.90 Å². The van der Waals surface area contributed by atoms with E-state index in [0.29, 0.717) is 16.6 Å². The highest BCUT2D eigenvalue weighted by Gasteiger charge is 2.25. The van der Waals surface area contributed by atoms with Gasteiger partial charge in [0.15, 0.2) is 0 Å². The molecule has 0 bridgehead atoms. The Bertz CT molecular complexity index is 1030. The van der Waals surface area contributed by atoms with Crippen LogP contribution in [0.1, 0.15) is 5.69 Å². The number of benzene rings is 2. The van der Waals surface area contributed by atoms with Gasteiger partial charge in [-0.2, -0.15) is 0 Å². The number of halogens is 1. The lowest BCUT2D eigenvalue weighted by Gasteiger charge is -2.11. The van der Waals surface area contributed by atoms with Gasteiger partial charge in [0.2, 0.25) is 0 Å². The largest absolute Gasteiger partial charge is 0.309 e. The first-order chi connectivity index (χ1) is 12.3. The van der Waals surface area contributed by atoms with E-state index in [1.807, 2.05) is 14.1 Å². The van der Waals surface area contributed by atoms with Gasteiger partial charge >= 0.3 is 0 Å². The van der Waals surface area contributed by atoms with Crippen molar-refractivity contribution in [3.63, 3.8) is 0 Å². The van der Waals surface area contributed by atoms with Crippen LogP contribution < -0.4 is 0 Å². The highest BCUT2D eigenvalue weighted by molar-refractivity contribution is 7.99. The quantitative estimate of drug-likeness (QED) is 0.595. The second-order valence-corrected chi connectivity index (χ2v) is 9.20. The third-order valence-electron chi connectivity index (χ3n) is 4.12. The van der Waals surface area contributed by atoms with Gasteiger partial charge in [0, 0.05) is 28.3 Å². The first kappa shape index (κ1) is 18.9. The van der Waals surface area contributed by atoms with E-state index < -0.39 is 10.0 Å². The molecule has 4 nitrogen and oxygen atoms in total. The number of nitrogens with zero attached hydrogens (tertiary/aromatic N) is 2. The summed E-state index contributed by atoms with van der Waals surface area (Å²) in [5.74, 6) is 0.413. The smallest absolute Gasteiger partial charge is 0.268 e. The molecule has 0 aliphatic carbocycles. The van der Waals surface area contributed by atoms with Gasteiger partial charge in [0.25, 0.3) is 10.0 Å². The van der Waals surface area contributed by atoms with Crippen molar-refractivity contribution in [2.45, 2.75) is 16.7 Å². The van der Waals surface area contributed by atoms with Crippen LogP contribution in [-0.2, 0) is 10.0 Å². The van der Waals surface area contributed by atoms with E-state index in [1.165, 1.54) is 22.2 Å². The van der Waals surface area contributed by atoms with Crippen LogP contribution in [0.4, 0.5) is 4.39 Å². The summed E-state index contributed by atoms with van der Waals surface area (Å²) < 4.78 is 41.6. The van der Waals surface area contributed by atoms with E-state index in [2.05, 4.69) is 4.90 Å². The molecule has 0 N–H and O–H groups in total. The van der Waals surface area contributed by atoms with E-state index in [4.69, 9.17) is 0 Å². The number of aromatic nitrogens is 1.